The number of carbonyl (C=O) groups is 1. The molecule has 1 heterocycles. The molecule has 27 heavy (non-hydrogen) atoms. The van der Waals surface area contributed by atoms with E-state index in [-0.39, 0.29) is 18.0 Å². The number of carbonyl (C=O) groups excluding carboxylic acids is 1. The van der Waals surface area contributed by atoms with Crippen LogP contribution in [0.4, 0.5) is 0 Å². The molecule has 0 saturated carbocycles. The van der Waals surface area contributed by atoms with E-state index in [4.69, 9.17) is 4.74 Å². The summed E-state index contributed by atoms with van der Waals surface area (Å²) in [5, 5.41) is 0.878. The Balaban J connectivity index is 1.96. The monoisotopic (exact) mass is 364 g/mol. The Morgan fingerprint density at radius 1 is 1.15 bits per heavy atom. The van der Waals surface area contributed by atoms with Crippen LogP contribution in [0.3, 0.4) is 0 Å². The molecule has 3 rings (SSSR count). The Morgan fingerprint density at radius 3 is 2.63 bits per heavy atom. The van der Waals surface area contributed by atoms with E-state index >= 15 is 0 Å². The number of benzene rings is 2. The fraction of sp³-hybridized carbons (Fsp3) is 0.273. The summed E-state index contributed by atoms with van der Waals surface area (Å²) in [6.07, 6.45) is 0.816. The molecule has 0 radical (unpaired) electrons. The van der Waals surface area contributed by atoms with E-state index in [1.54, 1.807) is 12.0 Å². The number of aromatic amines is 1. The molecule has 0 aliphatic rings. The Labute approximate surface area is 158 Å². The average molecular weight is 364 g/mol. The molecule has 0 fully saturated rings. The lowest BCUT2D eigenvalue weighted by Crippen LogP contribution is -2.33. The normalized spacial score (nSPS) is 10.8. The van der Waals surface area contributed by atoms with Gasteiger partial charge in [-0.05, 0) is 49.2 Å². The third-order valence-electron chi connectivity index (χ3n) is 4.65. The van der Waals surface area contributed by atoms with E-state index in [0.29, 0.717) is 17.7 Å². The van der Waals surface area contributed by atoms with E-state index in [1.807, 2.05) is 62.4 Å². The van der Waals surface area contributed by atoms with Crippen LogP contribution < -0.4 is 10.3 Å². The third kappa shape index (κ3) is 4.03. The van der Waals surface area contributed by atoms with Crippen molar-refractivity contribution in [3.63, 3.8) is 0 Å². The smallest absolute Gasteiger partial charge is 0.254 e. The van der Waals surface area contributed by atoms with Crippen molar-refractivity contribution in [1.82, 2.24) is 9.88 Å². The first-order chi connectivity index (χ1) is 13.0. The van der Waals surface area contributed by atoms with Gasteiger partial charge in [0.05, 0.1) is 13.7 Å². The summed E-state index contributed by atoms with van der Waals surface area (Å²) in [5.74, 6) is 0.669. The van der Waals surface area contributed by atoms with Crippen molar-refractivity contribution >= 4 is 16.8 Å². The van der Waals surface area contributed by atoms with Gasteiger partial charge in [-0.3, -0.25) is 9.59 Å². The Hall–Kier alpha value is -3.08. The molecule has 0 atom stereocenters. The Kier molecular flexibility index (Phi) is 5.60. The van der Waals surface area contributed by atoms with Crippen molar-refractivity contribution in [2.75, 3.05) is 13.7 Å². The summed E-state index contributed by atoms with van der Waals surface area (Å²) < 4.78 is 5.26. The van der Waals surface area contributed by atoms with Crippen LogP contribution >= 0.6 is 0 Å². The molecule has 0 saturated heterocycles. The standard InChI is InChI=1S/C22H24N2O3/c1-4-11-24(22(26)19-8-6-5-7-15(19)2)14-17-12-16-13-18(27-3)9-10-20(16)23-21(17)25/h5-10,12-13H,4,11,14H2,1-3H3,(H,23,25). The summed E-state index contributed by atoms with van der Waals surface area (Å²) in [6.45, 7) is 4.80. The van der Waals surface area contributed by atoms with Crippen LogP contribution in [-0.4, -0.2) is 29.4 Å². The highest BCUT2D eigenvalue weighted by molar-refractivity contribution is 5.95. The van der Waals surface area contributed by atoms with Gasteiger partial charge in [0.1, 0.15) is 5.75 Å². The van der Waals surface area contributed by atoms with Gasteiger partial charge < -0.3 is 14.6 Å². The van der Waals surface area contributed by atoms with Crippen LogP contribution in [-0.2, 0) is 6.54 Å². The molecule has 0 unspecified atom stereocenters. The highest BCUT2D eigenvalue weighted by atomic mass is 16.5. The number of ether oxygens (including phenoxy) is 1. The van der Waals surface area contributed by atoms with Gasteiger partial charge in [-0.1, -0.05) is 25.1 Å². The zero-order valence-corrected chi connectivity index (χ0v) is 15.9. The topological polar surface area (TPSA) is 62.4 Å². The van der Waals surface area contributed by atoms with Crippen molar-refractivity contribution in [1.29, 1.82) is 0 Å². The van der Waals surface area contributed by atoms with Crippen molar-refractivity contribution in [2.24, 2.45) is 0 Å². The number of hydrogen-bond acceptors (Lipinski definition) is 3. The molecule has 0 bridgehead atoms. The van der Waals surface area contributed by atoms with Crippen molar-refractivity contribution in [3.8, 4) is 5.75 Å². The van der Waals surface area contributed by atoms with Gasteiger partial charge in [0.2, 0.25) is 0 Å². The second kappa shape index (κ2) is 8.08. The fourth-order valence-electron chi connectivity index (χ4n) is 3.19. The average Bonchev–Trinajstić information content (AvgIpc) is 2.67. The van der Waals surface area contributed by atoms with E-state index in [9.17, 15) is 9.59 Å². The highest BCUT2D eigenvalue weighted by Crippen LogP contribution is 2.20. The summed E-state index contributed by atoms with van der Waals surface area (Å²) in [5.41, 5.74) is 2.74. The maximum atomic E-state index is 13.0. The summed E-state index contributed by atoms with van der Waals surface area (Å²) in [4.78, 5) is 30.2. The van der Waals surface area contributed by atoms with Gasteiger partial charge in [-0.25, -0.2) is 0 Å². The second-order valence-corrected chi connectivity index (χ2v) is 6.62. The Morgan fingerprint density at radius 2 is 1.93 bits per heavy atom. The number of nitrogens with one attached hydrogen (secondary N) is 1. The number of amides is 1. The van der Waals surface area contributed by atoms with Crippen molar-refractivity contribution in [3.05, 3.63) is 75.6 Å². The van der Waals surface area contributed by atoms with Crippen LogP contribution in [0.15, 0.2) is 53.3 Å². The predicted molar refractivity (Wildman–Crippen MR) is 107 cm³/mol. The second-order valence-electron chi connectivity index (χ2n) is 6.62. The summed E-state index contributed by atoms with van der Waals surface area (Å²) >= 11 is 0. The first kappa shape index (κ1) is 18.7. The molecule has 0 spiro atoms. The van der Waals surface area contributed by atoms with Crippen molar-refractivity contribution in [2.45, 2.75) is 26.8 Å². The van der Waals surface area contributed by atoms with Gasteiger partial charge >= 0.3 is 0 Å². The first-order valence-electron chi connectivity index (χ1n) is 9.08. The van der Waals surface area contributed by atoms with Crippen LogP contribution in [0.1, 0.15) is 34.8 Å². The number of rotatable bonds is 6. The van der Waals surface area contributed by atoms with Crippen molar-refractivity contribution < 1.29 is 9.53 Å². The zero-order chi connectivity index (χ0) is 19.4. The van der Waals surface area contributed by atoms with Crippen LogP contribution in [0.25, 0.3) is 10.9 Å². The van der Waals surface area contributed by atoms with Gasteiger partial charge in [0, 0.05) is 28.6 Å². The number of hydrogen-bond donors (Lipinski definition) is 1. The number of nitrogens with zero attached hydrogens (tertiary/aromatic N) is 1. The quantitative estimate of drug-likeness (QED) is 0.722. The Bertz CT molecular complexity index is 1020. The number of fused-ring (bicyclic) bond motifs is 1. The molecule has 5 heteroatoms. The van der Waals surface area contributed by atoms with E-state index in [1.165, 1.54) is 0 Å². The molecular formula is C22H24N2O3. The molecule has 3 aromatic rings. The molecule has 140 valence electrons. The van der Waals surface area contributed by atoms with E-state index in [0.717, 1.165) is 28.6 Å². The molecule has 2 aromatic carbocycles. The molecule has 5 nitrogen and oxygen atoms in total. The maximum Gasteiger partial charge on any atom is 0.254 e. The largest absolute Gasteiger partial charge is 0.497 e. The molecule has 0 aliphatic heterocycles. The third-order valence-corrected chi connectivity index (χ3v) is 4.65. The fourth-order valence-corrected chi connectivity index (χ4v) is 3.19. The SMILES string of the molecule is CCCN(Cc1cc2cc(OC)ccc2[nH]c1=O)C(=O)c1ccccc1C. The predicted octanol–water partition coefficient (Wildman–Crippen LogP) is 3.90. The summed E-state index contributed by atoms with van der Waals surface area (Å²) in [7, 11) is 1.61. The molecule has 1 aromatic heterocycles. The number of H-pyrrole nitrogens is 1. The highest BCUT2D eigenvalue weighted by Gasteiger charge is 2.18. The molecule has 1 amide bonds. The van der Waals surface area contributed by atoms with Gasteiger partial charge in [0.25, 0.3) is 11.5 Å². The van der Waals surface area contributed by atoms with Crippen LogP contribution in [0, 0.1) is 6.92 Å². The van der Waals surface area contributed by atoms with E-state index in [2.05, 4.69) is 4.98 Å². The van der Waals surface area contributed by atoms with Gasteiger partial charge in [-0.2, -0.15) is 0 Å². The molecular weight excluding hydrogens is 340 g/mol. The molecule has 0 aliphatic carbocycles. The lowest BCUT2D eigenvalue weighted by Gasteiger charge is -2.23. The minimum absolute atomic E-state index is 0.0555. The molecule has 1 N–H and O–H groups in total. The van der Waals surface area contributed by atoms with E-state index < -0.39 is 0 Å². The van der Waals surface area contributed by atoms with Gasteiger partial charge in [0.15, 0.2) is 0 Å². The summed E-state index contributed by atoms with van der Waals surface area (Å²) in [6, 6.07) is 14.9. The number of aromatic nitrogens is 1. The zero-order valence-electron chi connectivity index (χ0n) is 15.9. The lowest BCUT2D eigenvalue weighted by molar-refractivity contribution is 0.0742. The number of pyridine rings is 1. The maximum absolute atomic E-state index is 13.0. The van der Waals surface area contributed by atoms with Crippen LogP contribution in [0.5, 0.6) is 5.75 Å². The number of aryl methyl sites for hydroxylation is 1. The van der Waals surface area contributed by atoms with Crippen LogP contribution in [0.2, 0.25) is 0 Å². The number of methoxy groups -OCH3 is 1. The minimum Gasteiger partial charge on any atom is -0.497 e. The van der Waals surface area contributed by atoms with Gasteiger partial charge in [-0.15, -0.1) is 0 Å². The lowest BCUT2D eigenvalue weighted by atomic mass is 10.1. The first-order valence-corrected chi connectivity index (χ1v) is 9.08. The minimum atomic E-state index is -0.175.